The topological polar surface area (TPSA) is 16.3 Å². The first-order chi connectivity index (χ1) is 58.6. The van der Waals surface area contributed by atoms with E-state index >= 15 is 0 Å². The van der Waals surface area contributed by atoms with Gasteiger partial charge in [-0.25, -0.2) is 0 Å². The molecule has 0 fully saturated rings. The minimum Gasteiger partial charge on any atom is -0.310 e. The molecule has 548 valence electrons. The van der Waals surface area contributed by atoms with Crippen LogP contribution in [0.2, 0.25) is 0 Å². The highest BCUT2D eigenvalue weighted by Gasteiger charge is 2.56. The maximum Gasteiger partial charge on any atom is 0.0820 e. The number of anilines is 6. The molecule has 6 heteroatoms. The highest BCUT2D eigenvalue weighted by atomic mass is 32.1. The number of fused-ring (bicyclic) bond motifs is 31. The van der Waals surface area contributed by atoms with Gasteiger partial charge in [0.15, 0.2) is 0 Å². The first-order valence-corrected chi connectivity index (χ1v) is 42.4. The predicted molar refractivity (Wildman–Crippen MR) is 496 cm³/mol. The minimum atomic E-state index is -0.624. The van der Waals surface area contributed by atoms with Crippen LogP contribution in [0.15, 0.2) is 413 Å². The van der Waals surface area contributed by atoms with Gasteiger partial charge in [-0.2, -0.15) is 0 Å². The third-order valence-corrected chi connectivity index (χ3v) is 28.9. The van der Waals surface area contributed by atoms with Gasteiger partial charge in [-0.15, -0.1) is 22.7 Å². The van der Waals surface area contributed by atoms with E-state index in [1.807, 2.05) is 22.7 Å². The van der Waals surface area contributed by atoms with Crippen molar-refractivity contribution in [2.45, 2.75) is 10.8 Å². The molecule has 4 aliphatic rings. The lowest BCUT2D eigenvalue weighted by molar-refractivity contribution is 0.811. The van der Waals surface area contributed by atoms with Crippen molar-refractivity contribution in [2.75, 3.05) is 9.80 Å². The number of thiophene rings is 2. The lowest BCUT2D eigenvalue weighted by Crippen LogP contribution is -2.25. The zero-order chi connectivity index (χ0) is 77.1. The van der Waals surface area contributed by atoms with E-state index in [1.165, 1.54) is 168 Å². The third-order valence-electron chi connectivity index (χ3n) is 26.3. The van der Waals surface area contributed by atoms with Crippen molar-refractivity contribution in [3.05, 3.63) is 456 Å². The Kier molecular flexibility index (Phi) is 13.9. The van der Waals surface area contributed by atoms with E-state index in [0.29, 0.717) is 0 Å². The number of aromatic nitrogens is 2. The van der Waals surface area contributed by atoms with Crippen molar-refractivity contribution in [3.63, 3.8) is 0 Å². The van der Waals surface area contributed by atoms with Crippen LogP contribution in [0.25, 0.3) is 153 Å². The molecule has 0 radical (unpaired) electrons. The van der Waals surface area contributed by atoms with Gasteiger partial charge in [0, 0.05) is 108 Å². The van der Waals surface area contributed by atoms with Crippen LogP contribution in [0.3, 0.4) is 0 Å². The molecule has 0 saturated carbocycles. The summed E-state index contributed by atoms with van der Waals surface area (Å²) in [4.78, 5) is 7.79. The summed E-state index contributed by atoms with van der Waals surface area (Å²) in [6.07, 6.45) is 0. The Balaban J connectivity index is 0.614. The molecule has 2 unspecified atom stereocenters. The molecule has 0 aliphatic heterocycles. The molecule has 26 rings (SSSR count). The summed E-state index contributed by atoms with van der Waals surface area (Å²) in [6.45, 7) is 0. The van der Waals surface area contributed by atoms with Crippen molar-refractivity contribution in [2.24, 2.45) is 0 Å². The first kappa shape index (κ1) is 65.7. The van der Waals surface area contributed by atoms with Gasteiger partial charge in [-0.1, -0.05) is 285 Å². The van der Waals surface area contributed by atoms with Gasteiger partial charge >= 0.3 is 0 Å². The minimum absolute atomic E-state index is 0.547. The maximum absolute atomic E-state index is 2.57. The third kappa shape index (κ3) is 8.91. The van der Waals surface area contributed by atoms with Crippen LogP contribution < -0.4 is 9.80 Å². The van der Waals surface area contributed by atoms with Gasteiger partial charge in [-0.3, -0.25) is 0 Å². The molecule has 22 aromatic rings. The van der Waals surface area contributed by atoms with Gasteiger partial charge in [0.1, 0.15) is 0 Å². The van der Waals surface area contributed by atoms with E-state index in [4.69, 9.17) is 0 Å². The van der Waals surface area contributed by atoms with E-state index < -0.39 is 10.8 Å². The Bertz CT molecular complexity index is 7930. The molecule has 0 amide bonds. The fraction of sp³-hybridized carbons (Fsp3) is 0.0179. The standard InChI is InChI=1S/C112H68N4S2/c1-3-28-72(29-4-1)113(76-60-64-95-91(68-76)106-88-39-13-21-53-104(88)117-109(106)111(95)93-45-16-8-34-81(93)90-67-77(61-63-94(90)111)116-100-49-19-11-37-86(100)87-38-12-20-50-101(87)116)75-32-23-27-71(65-75)78-41-24-43-83-79(78)42-25-51-102(83)115(73-30-5-2-6-31-73)103-52-26-46-96-108(103)107-89-40-14-22-54-105(89)118-110(107)112(96)92-44-15-7-33-80(92)82-62-57-70(66-97(82)112)69-55-58-74(59-56-69)114-98-47-17-9-35-84(98)85-36-10-18-48-99(85)114/h1-68H. The lowest BCUT2D eigenvalue weighted by Gasteiger charge is -2.32. The molecular formula is C112H68N4S2. The fourth-order valence-corrected chi connectivity index (χ4v) is 24.5. The lowest BCUT2D eigenvalue weighted by atomic mass is 9.73. The molecule has 0 saturated heterocycles. The van der Waals surface area contributed by atoms with Crippen LogP contribution in [0.5, 0.6) is 0 Å². The highest BCUT2D eigenvalue weighted by molar-refractivity contribution is 7.20. The van der Waals surface area contributed by atoms with Crippen molar-refractivity contribution in [3.8, 4) is 78.1 Å². The summed E-state index contributed by atoms with van der Waals surface area (Å²) in [5, 5.41) is 9.94. The molecular weight excluding hydrogens is 1470 g/mol. The summed E-state index contributed by atoms with van der Waals surface area (Å²) in [6, 6.07) is 156. The van der Waals surface area contributed by atoms with E-state index in [-0.39, 0.29) is 0 Å². The summed E-state index contributed by atoms with van der Waals surface area (Å²) in [7, 11) is 0. The zero-order valence-corrected chi connectivity index (χ0v) is 65.5. The van der Waals surface area contributed by atoms with Crippen LogP contribution in [0.1, 0.15) is 43.1 Å². The first-order valence-electron chi connectivity index (χ1n) is 40.8. The Morgan fingerprint density at radius 2 is 0.636 bits per heavy atom. The second-order valence-electron chi connectivity index (χ2n) is 32.0. The molecule has 4 heterocycles. The van der Waals surface area contributed by atoms with E-state index in [9.17, 15) is 0 Å². The normalized spacial score (nSPS) is 15.0. The number of hydrogen-bond donors (Lipinski definition) is 0. The Hall–Kier alpha value is -14.7. The van der Waals surface area contributed by atoms with E-state index in [2.05, 4.69) is 431 Å². The highest BCUT2D eigenvalue weighted by Crippen LogP contribution is 2.70. The molecule has 0 bridgehead atoms. The molecule has 4 aromatic heterocycles. The summed E-state index contributed by atoms with van der Waals surface area (Å²) in [5.74, 6) is 0. The van der Waals surface area contributed by atoms with Crippen molar-refractivity contribution in [1.82, 2.24) is 9.13 Å². The summed E-state index contributed by atoms with van der Waals surface area (Å²) >= 11 is 3.92. The monoisotopic (exact) mass is 1530 g/mol. The average molecular weight is 1530 g/mol. The molecule has 18 aromatic carbocycles. The molecule has 4 nitrogen and oxygen atoms in total. The van der Waals surface area contributed by atoms with E-state index in [0.717, 1.165) is 62.0 Å². The van der Waals surface area contributed by atoms with Gasteiger partial charge in [0.25, 0.3) is 0 Å². The van der Waals surface area contributed by atoms with Gasteiger partial charge in [0.05, 0.1) is 44.3 Å². The van der Waals surface area contributed by atoms with Crippen LogP contribution >= 0.6 is 22.7 Å². The second kappa shape index (κ2) is 24.9. The SMILES string of the molecule is c1ccc(N(c2cccc(-c3cccc4c(N(c5ccccc5)c5cccc6c5-c5c(sc7ccccc57)C65c6ccccc6-c6ccc(-c7ccc(-n8c9ccccc9c9ccccc98)cc7)cc65)cccc34)c2)c2ccc3c(c2)-c2c(sc4ccccc24)C32c3ccccc3-c3cc(-n4c5ccccc5c5ccccc54)ccc32)cc1. The van der Waals surface area contributed by atoms with Gasteiger partial charge in [-0.05, 0) is 216 Å². The number of rotatable bonds is 10. The molecule has 0 N–H and O–H groups in total. The zero-order valence-electron chi connectivity index (χ0n) is 63.9. The number of para-hydroxylation sites is 6. The number of hydrogen-bond acceptors (Lipinski definition) is 4. The van der Waals surface area contributed by atoms with Gasteiger partial charge < -0.3 is 18.9 Å². The van der Waals surface area contributed by atoms with Crippen molar-refractivity contribution < 1.29 is 0 Å². The smallest absolute Gasteiger partial charge is 0.0820 e. The van der Waals surface area contributed by atoms with Crippen LogP contribution in [-0.4, -0.2) is 9.13 Å². The van der Waals surface area contributed by atoms with Gasteiger partial charge in [0.2, 0.25) is 0 Å². The van der Waals surface area contributed by atoms with E-state index in [1.54, 1.807) is 0 Å². The number of benzene rings is 18. The Labute approximate surface area is 689 Å². The van der Waals surface area contributed by atoms with Crippen LogP contribution in [0, 0.1) is 0 Å². The Morgan fingerprint density at radius 1 is 0.203 bits per heavy atom. The largest absolute Gasteiger partial charge is 0.310 e. The molecule has 2 atom stereocenters. The summed E-state index contributed by atoms with van der Waals surface area (Å²) < 4.78 is 7.45. The predicted octanol–water partition coefficient (Wildman–Crippen LogP) is 30.4. The second-order valence-corrected chi connectivity index (χ2v) is 34.1. The maximum atomic E-state index is 2.57. The van der Waals surface area contributed by atoms with Crippen molar-refractivity contribution >= 4 is 131 Å². The van der Waals surface area contributed by atoms with Crippen molar-refractivity contribution in [1.29, 1.82) is 0 Å². The fourth-order valence-electron chi connectivity index (χ4n) is 21.6. The van der Waals surface area contributed by atoms with Crippen LogP contribution in [-0.2, 0) is 10.8 Å². The number of nitrogens with zero attached hydrogens (tertiary/aromatic N) is 4. The average Bonchev–Trinajstić information content (AvgIpc) is 1.50. The molecule has 4 aliphatic carbocycles. The summed E-state index contributed by atoms with van der Waals surface area (Å²) in [5.41, 5.74) is 35.4. The molecule has 118 heavy (non-hydrogen) atoms. The Morgan fingerprint density at radius 3 is 1.31 bits per heavy atom. The van der Waals surface area contributed by atoms with Crippen LogP contribution in [0.4, 0.5) is 34.1 Å². The quantitative estimate of drug-likeness (QED) is 0.136. The molecule has 2 spiro atoms.